The standard InChI is InChI=1S/C27H31N7O4/c1-38-20-15-29-24(34-3-2-30-31-34)22-21(20)19(14-28-22)23(35)25(36)32-4-6-33(7-5-32)26(37)27-11-16-8-17(12-27)10-18(9-16)13-27/h2-3,14-18,28H,4-13H2,1H3. The molecular formula is C27H31N7O4. The third-order valence-corrected chi connectivity index (χ3v) is 9.30. The largest absolute Gasteiger partial charge is 0.494 e. The highest BCUT2D eigenvalue weighted by Gasteiger charge is 2.55. The number of ketones is 1. The summed E-state index contributed by atoms with van der Waals surface area (Å²) in [6, 6.07) is 0. The summed E-state index contributed by atoms with van der Waals surface area (Å²) in [6.45, 7) is 1.65. The second-order valence-corrected chi connectivity index (χ2v) is 11.6. The summed E-state index contributed by atoms with van der Waals surface area (Å²) < 4.78 is 6.95. The zero-order valence-corrected chi connectivity index (χ0v) is 21.4. The van der Waals surface area contributed by atoms with Crippen LogP contribution >= 0.6 is 0 Å². The number of carbonyl (C=O) groups excluding carboxylic acids is 3. The minimum absolute atomic E-state index is 0.187. The van der Waals surface area contributed by atoms with Crippen molar-refractivity contribution in [2.24, 2.45) is 23.2 Å². The number of Topliss-reactive ketones (excluding diaryl/α,β-unsaturated/α-hetero) is 1. The highest BCUT2D eigenvalue weighted by molar-refractivity contribution is 6.45. The number of carbonyl (C=O) groups is 3. The second kappa shape index (κ2) is 8.64. The molecule has 0 spiro atoms. The number of aromatic amines is 1. The number of methoxy groups -OCH3 is 1. The first-order valence-corrected chi connectivity index (χ1v) is 13.5. The minimum atomic E-state index is -0.619. The van der Waals surface area contributed by atoms with Gasteiger partial charge in [0.2, 0.25) is 5.91 Å². The number of hydrogen-bond donors (Lipinski definition) is 1. The van der Waals surface area contributed by atoms with Gasteiger partial charge in [-0.25, -0.2) is 9.67 Å². The van der Waals surface area contributed by atoms with E-state index in [2.05, 4.69) is 20.3 Å². The van der Waals surface area contributed by atoms with Gasteiger partial charge in [0.05, 0.1) is 47.6 Å². The van der Waals surface area contributed by atoms with Crippen molar-refractivity contribution in [2.45, 2.75) is 38.5 Å². The number of fused-ring (bicyclic) bond motifs is 1. The lowest BCUT2D eigenvalue weighted by atomic mass is 9.49. The number of nitrogens with zero attached hydrogens (tertiary/aromatic N) is 6. The van der Waals surface area contributed by atoms with Gasteiger partial charge in [0.15, 0.2) is 5.82 Å². The molecule has 4 heterocycles. The molecule has 5 aliphatic rings. The number of aromatic nitrogens is 5. The van der Waals surface area contributed by atoms with Crippen LogP contribution in [0.2, 0.25) is 0 Å². The lowest BCUT2D eigenvalue weighted by Crippen LogP contribution is -2.59. The average molecular weight is 518 g/mol. The predicted octanol–water partition coefficient (Wildman–Crippen LogP) is 2.22. The van der Waals surface area contributed by atoms with E-state index in [9.17, 15) is 14.4 Å². The summed E-state index contributed by atoms with van der Waals surface area (Å²) in [7, 11) is 1.49. The third kappa shape index (κ3) is 3.54. The normalized spacial score (nSPS) is 28.2. The Morgan fingerprint density at radius 1 is 1.00 bits per heavy atom. The molecule has 3 aromatic heterocycles. The lowest BCUT2D eigenvalue weighted by Gasteiger charge is -2.57. The quantitative estimate of drug-likeness (QED) is 0.406. The molecule has 0 radical (unpaired) electrons. The van der Waals surface area contributed by atoms with Gasteiger partial charge in [0.1, 0.15) is 5.75 Å². The first kappa shape index (κ1) is 23.4. The summed E-state index contributed by atoms with van der Waals surface area (Å²) in [5, 5.41) is 8.28. The molecule has 0 aromatic carbocycles. The zero-order chi connectivity index (χ0) is 26.0. The van der Waals surface area contributed by atoms with Crippen molar-refractivity contribution in [3.63, 3.8) is 0 Å². The van der Waals surface area contributed by atoms with E-state index >= 15 is 0 Å². The molecule has 4 saturated carbocycles. The van der Waals surface area contributed by atoms with Gasteiger partial charge in [0.25, 0.3) is 11.7 Å². The first-order chi connectivity index (χ1) is 18.5. The number of rotatable bonds is 5. The topological polar surface area (TPSA) is 126 Å². The Labute approximate surface area is 219 Å². The Bertz CT molecular complexity index is 1390. The van der Waals surface area contributed by atoms with Crippen LogP contribution in [0.5, 0.6) is 5.75 Å². The second-order valence-electron chi connectivity index (χ2n) is 11.6. The molecule has 1 N–H and O–H groups in total. The van der Waals surface area contributed by atoms with Crippen molar-refractivity contribution in [3.8, 4) is 11.6 Å². The Balaban J connectivity index is 1.08. The Morgan fingerprint density at radius 3 is 2.26 bits per heavy atom. The van der Waals surface area contributed by atoms with Gasteiger partial charge in [-0.1, -0.05) is 5.21 Å². The van der Waals surface area contributed by atoms with Crippen LogP contribution in [-0.2, 0) is 9.59 Å². The lowest BCUT2D eigenvalue weighted by molar-refractivity contribution is -0.160. The summed E-state index contributed by atoms with van der Waals surface area (Å²) in [6.07, 6.45) is 13.2. The monoisotopic (exact) mass is 517 g/mol. The molecule has 4 aliphatic carbocycles. The van der Waals surface area contributed by atoms with Gasteiger partial charge in [0, 0.05) is 32.4 Å². The maximum Gasteiger partial charge on any atom is 0.295 e. The van der Waals surface area contributed by atoms with Gasteiger partial charge in [-0.05, 0) is 56.3 Å². The average Bonchev–Trinajstić information content (AvgIpc) is 3.62. The van der Waals surface area contributed by atoms with Crippen LogP contribution in [0.1, 0.15) is 48.9 Å². The smallest absolute Gasteiger partial charge is 0.295 e. The van der Waals surface area contributed by atoms with Gasteiger partial charge in [-0.2, -0.15) is 0 Å². The van der Waals surface area contributed by atoms with Gasteiger partial charge in [-0.3, -0.25) is 14.4 Å². The minimum Gasteiger partial charge on any atom is -0.494 e. The fourth-order valence-electron chi connectivity index (χ4n) is 8.01. The molecule has 198 valence electrons. The fourth-order valence-corrected chi connectivity index (χ4v) is 8.01. The number of pyridine rings is 1. The van der Waals surface area contributed by atoms with Crippen LogP contribution in [0.25, 0.3) is 16.7 Å². The molecule has 5 fully saturated rings. The molecule has 1 aliphatic heterocycles. The third-order valence-electron chi connectivity index (χ3n) is 9.30. The molecule has 0 atom stereocenters. The Kier molecular flexibility index (Phi) is 5.31. The van der Waals surface area contributed by atoms with Crippen molar-refractivity contribution < 1.29 is 19.1 Å². The van der Waals surface area contributed by atoms with E-state index < -0.39 is 11.7 Å². The first-order valence-electron chi connectivity index (χ1n) is 13.5. The van der Waals surface area contributed by atoms with Crippen molar-refractivity contribution >= 4 is 28.5 Å². The molecule has 3 aromatic rings. The molecular weight excluding hydrogens is 486 g/mol. The summed E-state index contributed by atoms with van der Waals surface area (Å²) in [5.74, 6) is 2.04. The van der Waals surface area contributed by atoms with Crippen molar-refractivity contribution in [1.82, 2.24) is 34.8 Å². The van der Waals surface area contributed by atoms with Gasteiger partial charge >= 0.3 is 0 Å². The van der Waals surface area contributed by atoms with E-state index in [0.717, 1.165) is 19.3 Å². The zero-order valence-electron chi connectivity index (χ0n) is 21.4. The van der Waals surface area contributed by atoms with E-state index in [1.165, 1.54) is 49.6 Å². The number of nitrogens with one attached hydrogen (secondary N) is 1. The van der Waals surface area contributed by atoms with Crippen LogP contribution in [0.3, 0.4) is 0 Å². The van der Waals surface area contributed by atoms with E-state index in [1.807, 2.05) is 4.90 Å². The summed E-state index contributed by atoms with van der Waals surface area (Å²) >= 11 is 0. The van der Waals surface area contributed by atoms with Crippen molar-refractivity contribution in [3.05, 3.63) is 30.4 Å². The van der Waals surface area contributed by atoms with E-state index in [4.69, 9.17) is 4.74 Å². The van der Waals surface area contributed by atoms with Crippen LogP contribution in [0.4, 0.5) is 0 Å². The van der Waals surface area contributed by atoms with Crippen molar-refractivity contribution in [2.75, 3.05) is 33.3 Å². The molecule has 11 heteroatoms. The van der Waals surface area contributed by atoms with E-state index in [0.29, 0.717) is 66.4 Å². The van der Waals surface area contributed by atoms with Crippen LogP contribution in [0.15, 0.2) is 24.8 Å². The molecule has 4 bridgehead atoms. The number of piperazine rings is 1. The summed E-state index contributed by atoms with van der Waals surface area (Å²) in [4.78, 5) is 51.4. The molecule has 0 unspecified atom stereocenters. The van der Waals surface area contributed by atoms with Crippen LogP contribution in [0, 0.1) is 23.2 Å². The maximum atomic E-state index is 13.7. The van der Waals surface area contributed by atoms with E-state index in [1.54, 1.807) is 11.1 Å². The van der Waals surface area contributed by atoms with Gasteiger partial charge in [-0.15, -0.1) is 5.10 Å². The Morgan fingerprint density at radius 2 is 1.66 bits per heavy atom. The maximum absolute atomic E-state index is 13.7. The molecule has 1 saturated heterocycles. The molecule has 2 amide bonds. The number of ether oxygens (including phenoxy) is 1. The van der Waals surface area contributed by atoms with Crippen LogP contribution in [-0.4, -0.2) is 85.6 Å². The predicted molar refractivity (Wildman–Crippen MR) is 136 cm³/mol. The van der Waals surface area contributed by atoms with E-state index in [-0.39, 0.29) is 16.9 Å². The molecule has 11 nitrogen and oxygen atoms in total. The molecule has 38 heavy (non-hydrogen) atoms. The fraction of sp³-hybridized carbons (Fsp3) is 0.556. The highest BCUT2D eigenvalue weighted by atomic mass is 16.5. The van der Waals surface area contributed by atoms with Crippen molar-refractivity contribution in [1.29, 1.82) is 0 Å². The Hall–Kier alpha value is -3.76. The highest BCUT2D eigenvalue weighted by Crippen LogP contribution is 2.60. The number of H-pyrrole nitrogens is 1. The molecule has 8 rings (SSSR count). The SMILES string of the molecule is COc1cnc(-n2ccnn2)c2[nH]cc(C(=O)C(=O)N3CCN(C(=O)C45CC6CC(CC(C6)C4)C5)CC3)c12. The number of amides is 2. The van der Waals surface area contributed by atoms with Gasteiger partial charge < -0.3 is 19.5 Å². The van der Waals surface area contributed by atoms with Crippen LogP contribution < -0.4 is 4.74 Å². The summed E-state index contributed by atoms with van der Waals surface area (Å²) in [5.41, 5.74) is 0.558. The number of hydrogen-bond acceptors (Lipinski definition) is 7.